The number of thiophene rings is 1. The lowest BCUT2D eigenvalue weighted by molar-refractivity contribution is 0.00588. The van der Waals surface area contributed by atoms with Gasteiger partial charge in [-0.1, -0.05) is 6.07 Å². The standard InChI is InChI=1S/C13H23NO3S/c1-3-16-6-7-17-10-12(15)9-14-11(2)13-5-4-8-18-13/h4-5,8,11-12,14-15H,3,6-7,9-10H2,1-2H3/t11-,12?/m0/s1. The Morgan fingerprint density at radius 2 is 2.17 bits per heavy atom. The van der Waals surface area contributed by atoms with Crippen molar-refractivity contribution < 1.29 is 14.6 Å². The molecule has 0 spiro atoms. The van der Waals surface area contributed by atoms with E-state index in [1.54, 1.807) is 11.3 Å². The molecule has 5 heteroatoms. The Bertz CT molecular complexity index is 292. The Morgan fingerprint density at radius 3 is 2.83 bits per heavy atom. The molecule has 0 saturated heterocycles. The molecule has 1 aromatic rings. The SMILES string of the molecule is CCOCCOCC(O)CN[C@@H](C)c1cccs1. The van der Waals surface area contributed by atoms with Crippen molar-refractivity contribution in [3.05, 3.63) is 22.4 Å². The molecule has 0 aliphatic rings. The average molecular weight is 273 g/mol. The van der Waals surface area contributed by atoms with Gasteiger partial charge in [-0.15, -0.1) is 11.3 Å². The summed E-state index contributed by atoms with van der Waals surface area (Å²) in [6, 6.07) is 4.39. The van der Waals surface area contributed by atoms with Gasteiger partial charge in [0.05, 0.1) is 25.9 Å². The topological polar surface area (TPSA) is 50.7 Å². The smallest absolute Gasteiger partial charge is 0.0897 e. The second-order valence-electron chi connectivity index (χ2n) is 4.07. The molecule has 2 N–H and O–H groups in total. The Morgan fingerprint density at radius 1 is 1.39 bits per heavy atom. The second kappa shape index (κ2) is 9.47. The van der Waals surface area contributed by atoms with E-state index in [1.807, 2.05) is 13.0 Å². The molecule has 1 aromatic heterocycles. The first-order valence-corrected chi connectivity index (χ1v) is 7.22. The molecule has 0 radical (unpaired) electrons. The van der Waals surface area contributed by atoms with E-state index in [9.17, 15) is 5.11 Å². The summed E-state index contributed by atoms with van der Waals surface area (Å²) >= 11 is 1.72. The highest BCUT2D eigenvalue weighted by Crippen LogP contribution is 2.17. The Kier molecular flexibility index (Phi) is 8.20. The van der Waals surface area contributed by atoms with Crippen molar-refractivity contribution >= 4 is 11.3 Å². The fraction of sp³-hybridized carbons (Fsp3) is 0.692. The van der Waals surface area contributed by atoms with Crippen LogP contribution in [-0.2, 0) is 9.47 Å². The summed E-state index contributed by atoms with van der Waals surface area (Å²) in [5.41, 5.74) is 0. The van der Waals surface area contributed by atoms with E-state index in [0.717, 1.165) is 0 Å². The van der Waals surface area contributed by atoms with Crippen molar-refractivity contribution in [2.75, 3.05) is 33.0 Å². The number of hydrogen-bond acceptors (Lipinski definition) is 5. The molecule has 4 nitrogen and oxygen atoms in total. The highest BCUT2D eigenvalue weighted by atomic mass is 32.1. The molecule has 0 bridgehead atoms. The third-order valence-corrected chi connectivity index (χ3v) is 3.57. The zero-order valence-corrected chi connectivity index (χ0v) is 11.9. The van der Waals surface area contributed by atoms with Gasteiger partial charge in [0.2, 0.25) is 0 Å². The van der Waals surface area contributed by atoms with E-state index in [4.69, 9.17) is 9.47 Å². The first-order valence-electron chi connectivity index (χ1n) is 6.34. The minimum absolute atomic E-state index is 0.267. The highest BCUT2D eigenvalue weighted by Gasteiger charge is 2.09. The monoisotopic (exact) mass is 273 g/mol. The minimum Gasteiger partial charge on any atom is -0.389 e. The van der Waals surface area contributed by atoms with Crippen LogP contribution in [0.5, 0.6) is 0 Å². The Labute approximate surface area is 113 Å². The zero-order valence-electron chi connectivity index (χ0n) is 11.1. The first-order chi connectivity index (χ1) is 8.74. The average Bonchev–Trinajstić information content (AvgIpc) is 2.89. The molecular formula is C13H23NO3S. The van der Waals surface area contributed by atoms with Gasteiger partial charge >= 0.3 is 0 Å². The summed E-state index contributed by atoms with van der Waals surface area (Å²) < 4.78 is 10.4. The van der Waals surface area contributed by atoms with Crippen LogP contribution in [0.4, 0.5) is 0 Å². The number of ether oxygens (including phenoxy) is 2. The van der Waals surface area contributed by atoms with Gasteiger partial charge < -0.3 is 19.9 Å². The van der Waals surface area contributed by atoms with E-state index in [2.05, 4.69) is 23.7 Å². The summed E-state index contributed by atoms with van der Waals surface area (Å²) in [5, 5.41) is 15.1. The zero-order chi connectivity index (χ0) is 13.2. The molecule has 0 saturated carbocycles. The van der Waals surface area contributed by atoms with Gasteiger partial charge in [-0.05, 0) is 25.3 Å². The van der Waals surface area contributed by atoms with Crippen LogP contribution in [0.3, 0.4) is 0 Å². The van der Waals surface area contributed by atoms with E-state index in [-0.39, 0.29) is 6.04 Å². The van der Waals surface area contributed by atoms with Crippen molar-refractivity contribution in [2.24, 2.45) is 0 Å². The molecule has 1 unspecified atom stereocenters. The Balaban J connectivity index is 2.04. The van der Waals surface area contributed by atoms with Gasteiger partial charge in [-0.25, -0.2) is 0 Å². The summed E-state index contributed by atoms with van der Waals surface area (Å²) in [6.07, 6.45) is -0.478. The summed E-state index contributed by atoms with van der Waals surface area (Å²) in [5.74, 6) is 0. The molecule has 0 aromatic carbocycles. The molecule has 18 heavy (non-hydrogen) atoms. The number of aliphatic hydroxyl groups is 1. The molecule has 0 amide bonds. The predicted molar refractivity (Wildman–Crippen MR) is 74.1 cm³/mol. The molecule has 0 aliphatic heterocycles. The number of hydrogen-bond donors (Lipinski definition) is 2. The van der Waals surface area contributed by atoms with Crippen molar-refractivity contribution in [2.45, 2.75) is 26.0 Å². The lowest BCUT2D eigenvalue weighted by atomic mass is 10.2. The molecule has 1 rings (SSSR count). The third-order valence-electron chi connectivity index (χ3n) is 2.52. The quantitative estimate of drug-likeness (QED) is 0.638. The normalized spacial score (nSPS) is 14.6. The van der Waals surface area contributed by atoms with Crippen LogP contribution in [0.1, 0.15) is 24.8 Å². The van der Waals surface area contributed by atoms with Crippen LogP contribution < -0.4 is 5.32 Å². The van der Waals surface area contributed by atoms with E-state index in [1.165, 1.54) is 4.88 Å². The van der Waals surface area contributed by atoms with Gasteiger partial charge in [0, 0.05) is 24.1 Å². The van der Waals surface area contributed by atoms with Gasteiger partial charge in [0.15, 0.2) is 0 Å². The van der Waals surface area contributed by atoms with Crippen molar-refractivity contribution in [3.63, 3.8) is 0 Å². The summed E-state index contributed by atoms with van der Waals surface area (Å²) in [4.78, 5) is 1.28. The van der Waals surface area contributed by atoms with Crippen molar-refractivity contribution in [3.8, 4) is 0 Å². The van der Waals surface area contributed by atoms with E-state index < -0.39 is 6.10 Å². The van der Waals surface area contributed by atoms with Gasteiger partial charge in [0.25, 0.3) is 0 Å². The van der Waals surface area contributed by atoms with E-state index in [0.29, 0.717) is 33.0 Å². The van der Waals surface area contributed by atoms with Crippen molar-refractivity contribution in [1.82, 2.24) is 5.32 Å². The first kappa shape index (κ1) is 15.6. The van der Waals surface area contributed by atoms with Gasteiger partial charge in [-0.2, -0.15) is 0 Å². The lowest BCUT2D eigenvalue weighted by Gasteiger charge is -2.16. The van der Waals surface area contributed by atoms with Gasteiger partial charge in [-0.3, -0.25) is 0 Å². The van der Waals surface area contributed by atoms with Crippen LogP contribution in [0.2, 0.25) is 0 Å². The van der Waals surface area contributed by atoms with Crippen LogP contribution in [0.25, 0.3) is 0 Å². The second-order valence-corrected chi connectivity index (χ2v) is 5.05. The summed E-state index contributed by atoms with van der Waals surface area (Å²) in [6.45, 7) is 6.74. The minimum atomic E-state index is -0.478. The number of aliphatic hydroxyl groups excluding tert-OH is 1. The molecule has 1 heterocycles. The predicted octanol–water partition coefficient (Wildman–Crippen LogP) is 1.81. The molecular weight excluding hydrogens is 250 g/mol. The molecule has 0 aliphatic carbocycles. The molecule has 104 valence electrons. The number of rotatable bonds is 10. The Hall–Kier alpha value is -0.460. The summed E-state index contributed by atoms with van der Waals surface area (Å²) in [7, 11) is 0. The fourth-order valence-corrected chi connectivity index (χ4v) is 2.25. The van der Waals surface area contributed by atoms with Crippen molar-refractivity contribution in [1.29, 1.82) is 0 Å². The highest BCUT2D eigenvalue weighted by molar-refractivity contribution is 7.10. The maximum absolute atomic E-state index is 9.73. The lowest BCUT2D eigenvalue weighted by Crippen LogP contribution is -2.32. The molecule has 0 fully saturated rings. The van der Waals surface area contributed by atoms with Gasteiger partial charge in [0.1, 0.15) is 0 Å². The van der Waals surface area contributed by atoms with Crippen LogP contribution in [-0.4, -0.2) is 44.2 Å². The maximum Gasteiger partial charge on any atom is 0.0897 e. The number of nitrogens with one attached hydrogen (secondary N) is 1. The van der Waals surface area contributed by atoms with Crippen LogP contribution in [0, 0.1) is 0 Å². The fourth-order valence-electron chi connectivity index (χ4n) is 1.49. The largest absolute Gasteiger partial charge is 0.389 e. The van der Waals surface area contributed by atoms with Crippen LogP contribution >= 0.6 is 11.3 Å². The van der Waals surface area contributed by atoms with E-state index >= 15 is 0 Å². The van der Waals surface area contributed by atoms with Crippen LogP contribution in [0.15, 0.2) is 17.5 Å². The molecule has 2 atom stereocenters. The third kappa shape index (κ3) is 6.47. The maximum atomic E-state index is 9.73.